The summed E-state index contributed by atoms with van der Waals surface area (Å²) in [5.74, 6) is -0.909. The van der Waals surface area contributed by atoms with Crippen molar-refractivity contribution >= 4 is 5.97 Å². The Morgan fingerprint density at radius 3 is 2.50 bits per heavy atom. The summed E-state index contributed by atoms with van der Waals surface area (Å²) in [7, 11) is 0. The van der Waals surface area contributed by atoms with Crippen LogP contribution in [0.15, 0.2) is 0 Å². The summed E-state index contributed by atoms with van der Waals surface area (Å²) in [5.41, 5.74) is 0. The summed E-state index contributed by atoms with van der Waals surface area (Å²) >= 11 is 0. The van der Waals surface area contributed by atoms with Gasteiger partial charge in [0.25, 0.3) is 0 Å². The maximum atomic E-state index is 10.5. The molecule has 1 N–H and O–H groups in total. The van der Waals surface area contributed by atoms with Crippen LogP contribution in [0.4, 0.5) is 0 Å². The lowest BCUT2D eigenvalue weighted by Crippen LogP contribution is -2.50. The molecule has 2 heterocycles. The van der Waals surface area contributed by atoms with Crippen molar-refractivity contribution in [3.63, 3.8) is 0 Å². The van der Waals surface area contributed by atoms with Crippen LogP contribution in [0.25, 0.3) is 0 Å². The highest BCUT2D eigenvalue weighted by Crippen LogP contribution is 2.38. The van der Waals surface area contributed by atoms with E-state index in [1.54, 1.807) is 0 Å². The average Bonchev–Trinajstić information content (AvgIpc) is 1.86. The molecule has 1 saturated carbocycles. The van der Waals surface area contributed by atoms with Gasteiger partial charge in [-0.2, -0.15) is 0 Å². The van der Waals surface area contributed by atoms with E-state index in [4.69, 9.17) is 9.84 Å². The molecule has 56 valence electrons. The van der Waals surface area contributed by atoms with Crippen molar-refractivity contribution in [2.24, 2.45) is 5.92 Å². The number of hydrogen-bond donors (Lipinski definition) is 1. The normalized spacial score (nSPS) is 44.2. The Hall–Kier alpha value is -0.570. The number of hydrogen-bond acceptors (Lipinski definition) is 2. The molecule has 3 unspecified atom stereocenters. The number of carboxylic acids is 1. The van der Waals surface area contributed by atoms with Gasteiger partial charge in [-0.05, 0) is 12.8 Å². The molecule has 3 atom stereocenters. The Balaban J connectivity index is 2.02. The van der Waals surface area contributed by atoms with Crippen LogP contribution in [0, 0.1) is 5.92 Å². The van der Waals surface area contributed by atoms with Gasteiger partial charge in [-0.3, -0.25) is 4.79 Å². The van der Waals surface area contributed by atoms with Gasteiger partial charge in [0.05, 0.1) is 18.1 Å². The smallest absolute Gasteiger partial charge is 0.309 e. The molecule has 0 aromatic carbocycles. The minimum atomic E-state index is -0.692. The first-order valence-electron chi connectivity index (χ1n) is 3.65. The van der Waals surface area contributed by atoms with E-state index in [0.29, 0.717) is 6.10 Å². The van der Waals surface area contributed by atoms with Crippen molar-refractivity contribution in [2.75, 3.05) is 0 Å². The second-order valence-corrected chi connectivity index (χ2v) is 3.05. The Kier molecular flexibility index (Phi) is 1.20. The highest BCUT2D eigenvalue weighted by atomic mass is 16.5. The fraction of sp³-hybridized carbons (Fsp3) is 0.857. The third-order valence-electron chi connectivity index (χ3n) is 2.43. The third-order valence-corrected chi connectivity index (χ3v) is 2.43. The first-order valence-corrected chi connectivity index (χ1v) is 3.65. The number of rotatable bonds is 1. The Labute approximate surface area is 59.0 Å². The fourth-order valence-corrected chi connectivity index (χ4v) is 1.77. The van der Waals surface area contributed by atoms with Crippen LogP contribution in [0.3, 0.4) is 0 Å². The Morgan fingerprint density at radius 2 is 2.20 bits per heavy atom. The lowest BCUT2D eigenvalue weighted by Gasteiger charge is -2.44. The molecule has 2 saturated heterocycles. The lowest BCUT2D eigenvalue weighted by molar-refractivity contribution is -0.197. The molecule has 3 rings (SSSR count). The van der Waals surface area contributed by atoms with Gasteiger partial charge in [0.2, 0.25) is 0 Å². The summed E-state index contributed by atoms with van der Waals surface area (Å²) in [4.78, 5) is 10.5. The van der Waals surface area contributed by atoms with E-state index >= 15 is 0 Å². The SMILES string of the molecule is O=C(O)C1CCC2CC1O2. The van der Waals surface area contributed by atoms with Gasteiger partial charge >= 0.3 is 5.97 Å². The largest absolute Gasteiger partial charge is 0.481 e. The minimum absolute atomic E-state index is 0.0382. The summed E-state index contributed by atoms with van der Waals surface area (Å²) in [5, 5.41) is 8.65. The molecular weight excluding hydrogens is 132 g/mol. The van der Waals surface area contributed by atoms with Gasteiger partial charge in [0.15, 0.2) is 0 Å². The van der Waals surface area contributed by atoms with Gasteiger partial charge < -0.3 is 9.84 Å². The fourth-order valence-electron chi connectivity index (χ4n) is 1.77. The van der Waals surface area contributed by atoms with Crippen LogP contribution >= 0.6 is 0 Å². The van der Waals surface area contributed by atoms with Crippen molar-refractivity contribution in [2.45, 2.75) is 31.5 Å². The number of fused-ring (bicyclic) bond motifs is 2. The van der Waals surface area contributed by atoms with E-state index in [1.807, 2.05) is 0 Å². The van der Waals surface area contributed by atoms with Crippen LogP contribution in [0.2, 0.25) is 0 Å². The van der Waals surface area contributed by atoms with E-state index in [2.05, 4.69) is 0 Å². The predicted octanol–water partition coefficient (Wildman–Crippen LogP) is 0.639. The Morgan fingerprint density at radius 1 is 1.50 bits per heavy atom. The second kappa shape index (κ2) is 1.95. The van der Waals surface area contributed by atoms with Crippen LogP contribution in [0.5, 0.6) is 0 Å². The molecule has 3 heteroatoms. The van der Waals surface area contributed by atoms with Gasteiger partial charge in [0.1, 0.15) is 0 Å². The quantitative estimate of drug-likeness (QED) is 0.584. The summed E-state index contributed by atoms with van der Waals surface area (Å²) < 4.78 is 5.27. The number of carbonyl (C=O) groups is 1. The number of ether oxygens (including phenoxy) is 1. The van der Waals surface area contributed by atoms with Crippen molar-refractivity contribution in [1.82, 2.24) is 0 Å². The monoisotopic (exact) mass is 142 g/mol. The van der Waals surface area contributed by atoms with E-state index in [-0.39, 0.29) is 12.0 Å². The summed E-state index contributed by atoms with van der Waals surface area (Å²) in [6.07, 6.45) is 3.14. The summed E-state index contributed by atoms with van der Waals surface area (Å²) in [6, 6.07) is 0. The molecule has 3 fully saturated rings. The molecule has 3 aliphatic rings. The first-order chi connectivity index (χ1) is 4.77. The molecule has 1 aliphatic carbocycles. The first kappa shape index (κ1) is 6.16. The van der Waals surface area contributed by atoms with E-state index in [0.717, 1.165) is 19.3 Å². The molecular formula is C7H10O3. The van der Waals surface area contributed by atoms with Crippen molar-refractivity contribution in [3.05, 3.63) is 0 Å². The Bertz CT molecular complexity index is 157. The lowest BCUT2D eigenvalue weighted by atomic mass is 9.80. The minimum Gasteiger partial charge on any atom is -0.481 e. The van der Waals surface area contributed by atoms with Crippen LogP contribution < -0.4 is 0 Å². The molecule has 3 nitrogen and oxygen atoms in total. The molecule has 2 aliphatic heterocycles. The zero-order valence-corrected chi connectivity index (χ0v) is 5.62. The van der Waals surface area contributed by atoms with Gasteiger partial charge in [-0.1, -0.05) is 0 Å². The highest BCUT2D eigenvalue weighted by Gasteiger charge is 2.44. The molecule has 0 spiro atoms. The van der Waals surface area contributed by atoms with Crippen molar-refractivity contribution < 1.29 is 14.6 Å². The van der Waals surface area contributed by atoms with Gasteiger partial charge in [-0.15, -0.1) is 0 Å². The topological polar surface area (TPSA) is 46.5 Å². The highest BCUT2D eigenvalue weighted by molar-refractivity contribution is 5.71. The zero-order chi connectivity index (χ0) is 7.14. The standard InChI is InChI=1S/C7H10O3/c8-7(9)5-2-1-4-3-6(5)10-4/h4-6H,1-3H2,(H,8,9). The third kappa shape index (κ3) is 0.736. The van der Waals surface area contributed by atoms with Crippen LogP contribution in [-0.2, 0) is 9.53 Å². The van der Waals surface area contributed by atoms with E-state index in [9.17, 15) is 4.79 Å². The number of carboxylic acid groups (broad SMARTS) is 1. The maximum absolute atomic E-state index is 10.5. The van der Waals surface area contributed by atoms with Gasteiger partial charge in [-0.25, -0.2) is 0 Å². The molecule has 0 aromatic rings. The molecule has 10 heavy (non-hydrogen) atoms. The van der Waals surface area contributed by atoms with Crippen molar-refractivity contribution in [1.29, 1.82) is 0 Å². The van der Waals surface area contributed by atoms with Crippen LogP contribution in [-0.4, -0.2) is 23.3 Å². The molecule has 2 bridgehead atoms. The molecule has 0 aromatic heterocycles. The summed E-state index contributed by atoms with van der Waals surface area (Å²) in [6.45, 7) is 0. The molecule has 0 amide bonds. The van der Waals surface area contributed by atoms with Gasteiger partial charge in [0, 0.05) is 6.42 Å². The van der Waals surface area contributed by atoms with Crippen LogP contribution in [0.1, 0.15) is 19.3 Å². The zero-order valence-electron chi connectivity index (χ0n) is 5.62. The predicted molar refractivity (Wildman–Crippen MR) is 33.6 cm³/mol. The maximum Gasteiger partial charge on any atom is 0.309 e. The average molecular weight is 142 g/mol. The van der Waals surface area contributed by atoms with Crippen molar-refractivity contribution in [3.8, 4) is 0 Å². The van der Waals surface area contributed by atoms with E-state index < -0.39 is 5.97 Å². The van der Waals surface area contributed by atoms with E-state index in [1.165, 1.54) is 0 Å². The second-order valence-electron chi connectivity index (χ2n) is 3.05. The number of aliphatic carboxylic acids is 1. The molecule has 0 radical (unpaired) electrons.